The van der Waals surface area contributed by atoms with E-state index in [0.717, 1.165) is 24.3 Å². The van der Waals surface area contributed by atoms with E-state index in [1.807, 2.05) is 19.1 Å². The second-order valence-corrected chi connectivity index (χ2v) is 7.80. The molecule has 3 heteroatoms. The van der Waals surface area contributed by atoms with E-state index >= 15 is 0 Å². The summed E-state index contributed by atoms with van der Waals surface area (Å²) in [4.78, 5) is 4.27. The number of pyridine rings is 1. The highest BCUT2D eigenvalue weighted by Crippen LogP contribution is 2.33. The summed E-state index contributed by atoms with van der Waals surface area (Å²) in [5, 5.41) is 12.1. The summed E-state index contributed by atoms with van der Waals surface area (Å²) in [6.45, 7) is 6.29. The first-order chi connectivity index (χ1) is 13.6. The van der Waals surface area contributed by atoms with Gasteiger partial charge in [-0.1, -0.05) is 48.5 Å². The van der Waals surface area contributed by atoms with Crippen LogP contribution >= 0.6 is 0 Å². The monoisotopic (exact) mass is 369 g/mol. The molecular weight excluding hydrogens is 342 g/mol. The fourth-order valence-electron chi connectivity index (χ4n) is 3.97. The van der Waals surface area contributed by atoms with Gasteiger partial charge in [0.1, 0.15) is 0 Å². The second kappa shape index (κ2) is 8.07. The topological polar surface area (TPSA) is 48.8 Å². The van der Waals surface area contributed by atoms with Crippen LogP contribution in [-0.2, 0) is 0 Å². The molecule has 1 saturated heterocycles. The third kappa shape index (κ3) is 3.90. The lowest BCUT2D eigenvalue weighted by molar-refractivity contribution is 0.448. The van der Waals surface area contributed by atoms with Gasteiger partial charge in [-0.2, -0.15) is 0 Å². The number of hydrogen-bond acceptors (Lipinski definition) is 3. The van der Waals surface area contributed by atoms with Crippen molar-refractivity contribution in [2.24, 2.45) is 0 Å². The summed E-state index contributed by atoms with van der Waals surface area (Å²) in [7, 11) is 0. The summed E-state index contributed by atoms with van der Waals surface area (Å²) >= 11 is 0. The molecule has 1 fully saturated rings. The van der Waals surface area contributed by atoms with Crippen LogP contribution in [0.1, 0.15) is 51.8 Å². The van der Waals surface area contributed by atoms with Crippen LogP contribution in [0.25, 0.3) is 0 Å². The molecule has 3 nitrogen and oxygen atoms in total. The first-order valence-electron chi connectivity index (χ1n) is 9.98. The minimum absolute atomic E-state index is 0.177. The van der Waals surface area contributed by atoms with E-state index in [-0.39, 0.29) is 5.92 Å². The molecule has 1 aliphatic heterocycles. The number of aryl methyl sites for hydroxylation is 2. The summed E-state index contributed by atoms with van der Waals surface area (Å²) in [6.07, 6.45) is 2.47. The maximum atomic E-state index is 8.74. The van der Waals surface area contributed by atoms with Gasteiger partial charge in [0.2, 0.25) is 0 Å². The molecule has 2 heterocycles. The fraction of sp³-hybridized carbons (Fsp3) is 0.280. The summed E-state index contributed by atoms with van der Waals surface area (Å²) in [5.74, 6) is 0.819. The van der Waals surface area contributed by atoms with Gasteiger partial charge in [0.05, 0.1) is 0 Å². The van der Waals surface area contributed by atoms with Crippen molar-refractivity contribution in [2.75, 3.05) is 13.1 Å². The van der Waals surface area contributed by atoms with Crippen molar-refractivity contribution in [2.45, 2.75) is 32.1 Å². The molecule has 2 aromatic carbocycles. The van der Waals surface area contributed by atoms with Gasteiger partial charge in [0, 0.05) is 48.9 Å². The lowest BCUT2D eigenvalue weighted by Crippen LogP contribution is -2.39. The van der Waals surface area contributed by atoms with Crippen LogP contribution in [0, 0.1) is 19.3 Å². The van der Waals surface area contributed by atoms with Gasteiger partial charge >= 0.3 is 0 Å². The average Bonchev–Trinajstić information content (AvgIpc) is 2.66. The largest absolute Gasteiger partial charge is 0.315 e. The Morgan fingerprint density at radius 1 is 1.07 bits per heavy atom. The number of hydrogen-bond donors (Lipinski definition) is 2. The molecule has 0 saturated carbocycles. The van der Waals surface area contributed by atoms with Gasteiger partial charge in [-0.25, -0.2) is 0 Å². The number of benzene rings is 2. The minimum atomic E-state index is 0.177. The predicted octanol–water partition coefficient (Wildman–Crippen LogP) is 4.98. The zero-order valence-corrected chi connectivity index (χ0v) is 16.6. The molecule has 1 unspecified atom stereocenters. The fourth-order valence-corrected chi connectivity index (χ4v) is 3.97. The Hall–Kier alpha value is -2.78. The standard InChI is InChI=1S/C25H27N3/c1-17-5-3-4-6-23(17)24(14-25(26)21-11-12-28-18(2)13-21)20-9-7-19(8-10-20)22-15-27-16-22/h3-13,22,24,26-27H,14-16H2,1-2H3. The highest BCUT2D eigenvalue weighted by atomic mass is 14.9. The first-order valence-corrected chi connectivity index (χ1v) is 9.98. The Balaban J connectivity index is 1.66. The predicted molar refractivity (Wildman–Crippen MR) is 115 cm³/mol. The third-order valence-electron chi connectivity index (χ3n) is 5.81. The Morgan fingerprint density at radius 3 is 2.46 bits per heavy atom. The summed E-state index contributed by atoms with van der Waals surface area (Å²) in [5.41, 5.74) is 7.84. The number of rotatable bonds is 6. The zero-order valence-electron chi connectivity index (χ0n) is 16.6. The lowest BCUT2D eigenvalue weighted by Gasteiger charge is -2.28. The van der Waals surface area contributed by atoms with Crippen molar-refractivity contribution in [3.63, 3.8) is 0 Å². The van der Waals surface area contributed by atoms with Gasteiger partial charge in [-0.05, 0) is 53.8 Å². The quantitative estimate of drug-likeness (QED) is 0.602. The van der Waals surface area contributed by atoms with Crippen molar-refractivity contribution in [1.82, 2.24) is 10.3 Å². The van der Waals surface area contributed by atoms with Crippen LogP contribution in [-0.4, -0.2) is 23.8 Å². The van der Waals surface area contributed by atoms with E-state index < -0.39 is 0 Å². The first kappa shape index (κ1) is 18.6. The summed E-state index contributed by atoms with van der Waals surface area (Å²) < 4.78 is 0. The number of nitrogens with zero attached hydrogens (tertiary/aromatic N) is 1. The van der Waals surface area contributed by atoms with E-state index in [1.165, 1.54) is 22.3 Å². The molecule has 4 rings (SSSR count). The molecule has 2 N–H and O–H groups in total. The molecule has 1 atom stereocenters. The molecule has 1 aromatic heterocycles. The van der Waals surface area contributed by atoms with Crippen LogP contribution in [0.15, 0.2) is 66.9 Å². The van der Waals surface area contributed by atoms with Crippen LogP contribution in [0.4, 0.5) is 0 Å². The Labute approximate surface area is 167 Å². The number of aromatic nitrogens is 1. The van der Waals surface area contributed by atoms with Crippen LogP contribution < -0.4 is 5.32 Å². The molecule has 142 valence electrons. The van der Waals surface area contributed by atoms with Gasteiger partial charge in [0.25, 0.3) is 0 Å². The smallest absolute Gasteiger partial charge is 0.0396 e. The van der Waals surface area contributed by atoms with Crippen molar-refractivity contribution >= 4 is 5.71 Å². The molecule has 0 spiro atoms. The van der Waals surface area contributed by atoms with Gasteiger partial charge in [-0.3, -0.25) is 4.98 Å². The minimum Gasteiger partial charge on any atom is -0.315 e. The summed E-state index contributed by atoms with van der Waals surface area (Å²) in [6, 6.07) is 21.6. The highest BCUT2D eigenvalue weighted by molar-refractivity contribution is 5.99. The molecule has 0 amide bonds. The Kier molecular flexibility index (Phi) is 5.36. The molecule has 3 aromatic rings. The van der Waals surface area contributed by atoms with Crippen molar-refractivity contribution in [3.8, 4) is 0 Å². The number of nitrogens with one attached hydrogen (secondary N) is 2. The molecule has 28 heavy (non-hydrogen) atoms. The maximum Gasteiger partial charge on any atom is 0.0396 e. The van der Waals surface area contributed by atoms with E-state index in [9.17, 15) is 0 Å². The van der Waals surface area contributed by atoms with Gasteiger partial charge in [-0.15, -0.1) is 0 Å². The van der Waals surface area contributed by atoms with Gasteiger partial charge < -0.3 is 10.7 Å². The molecule has 0 aliphatic carbocycles. The van der Waals surface area contributed by atoms with Crippen LogP contribution in [0.2, 0.25) is 0 Å². The lowest BCUT2D eigenvalue weighted by atomic mass is 9.82. The van der Waals surface area contributed by atoms with E-state index in [0.29, 0.717) is 18.1 Å². The highest BCUT2D eigenvalue weighted by Gasteiger charge is 2.22. The van der Waals surface area contributed by atoms with Crippen molar-refractivity contribution in [1.29, 1.82) is 5.41 Å². The molecule has 0 radical (unpaired) electrons. The van der Waals surface area contributed by atoms with Crippen LogP contribution in [0.3, 0.4) is 0 Å². The van der Waals surface area contributed by atoms with Crippen molar-refractivity contribution < 1.29 is 0 Å². The zero-order chi connectivity index (χ0) is 19.5. The normalized spacial score (nSPS) is 15.1. The molecule has 1 aliphatic rings. The van der Waals surface area contributed by atoms with E-state index in [2.05, 4.69) is 65.8 Å². The maximum absolute atomic E-state index is 8.74. The van der Waals surface area contributed by atoms with Gasteiger partial charge in [0.15, 0.2) is 0 Å². The van der Waals surface area contributed by atoms with Crippen molar-refractivity contribution in [3.05, 3.63) is 100 Å². The average molecular weight is 370 g/mol. The third-order valence-corrected chi connectivity index (χ3v) is 5.81. The Morgan fingerprint density at radius 2 is 1.82 bits per heavy atom. The second-order valence-electron chi connectivity index (χ2n) is 7.80. The van der Waals surface area contributed by atoms with E-state index in [4.69, 9.17) is 5.41 Å². The van der Waals surface area contributed by atoms with Crippen LogP contribution in [0.5, 0.6) is 0 Å². The molecule has 0 bridgehead atoms. The molecular formula is C25H27N3. The van der Waals surface area contributed by atoms with E-state index in [1.54, 1.807) is 6.20 Å². The SMILES string of the molecule is Cc1cc(C(=N)CC(c2ccc(C3CNC3)cc2)c2ccccc2C)ccn1. The Bertz CT molecular complexity index is 971.